The van der Waals surface area contributed by atoms with E-state index in [1.54, 1.807) is 6.20 Å². The molecule has 154 valence electrons. The van der Waals surface area contributed by atoms with Crippen LogP contribution in [-0.4, -0.2) is 10.1 Å². The maximum Gasteiger partial charge on any atom is 0.174 e. The number of para-hydroxylation sites is 1. The van der Waals surface area contributed by atoms with Crippen LogP contribution < -0.4 is 10.2 Å². The number of anilines is 1. The Balaban J connectivity index is 1.61. The molecule has 2 atom stereocenters. The zero-order valence-electron chi connectivity index (χ0n) is 16.8. The largest absolute Gasteiger partial charge is 0.459 e. The van der Waals surface area contributed by atoms with Gasteiger partial charge in [0.15, 0.2) is 5.11 Å². The van der Waals surface area contributed by atoms with Gasteiger partial charge < -0.3 is 14.6 Å². The molecule has 2 aromatic carbocycles. The Morgan fingerprint density at radius 2 is 1.77 bits per heavy atom. The quantitative estimate of drug-likeness (QED) is 0.364. The lowest BCUT2D eigenvalue weighted by molar-refractivity contribution is 0.439. The number of hydrogen-bond acceptors (Lipinski definition) is 3. The predicted molar refractivity (Wildman–Crippen MR) is 128 cm³/mol. The molecule has 0 saturated carbocycles. The Labute approximate surface area is 191 Å². The van der Waals surface area contributed by atoms with Crippen molar-refractivity contribution in [3.63, 3.8) is 0 Å². The smallest absolute Gasteiger partial charge is 0.174 e. The second-order valence-corrected chi connectivity index (χ2v) is 8.24. The summed E-state index contributed by atoms with van der Waals surface area (Å²) in [5.41, 5.74) is 3.88. The lowest BCUT2D eigenvalue weighted by atomic mass is 10.0. The molecule has 2 aromatic heterocycles. The number of pyridine rings is 1. The number of furan rings is 1. The first-order valence-corrected chi connectivity index (χ1v) is 10.8. The molecule has 1 N–H and O–H groups in total. The number of thiocarbonyl (C=S) groups is 1. The molecule has 6 heteroatoms. The fourth-order valence-electron chi connectivity index (χ4n) is 4.04. The van der Waals surface area contributed by atoms with E-state index in [1.165, 1.54) is 0 Å². The Kier molecular flexibility index (Phi) is 5.22. The van der Waals surface area contributed by atoms with Crippen molar-refractivity contribution in [2.45, 2.75) is 19.0 Å². The summed E-state index contributed by atoms with van der Waals surface area (Å²) in [5.74, 6) is 1.59. The lowest BCUT2D eigenvalue weighted by Crippen LogP contribution is -2.29. The van der Waals surface area contributed by atoms with Crippen molar-refractivity contribution in [3.05, 3.63) is 107 Å². The van der Waals surface area contributed by atoms with Crippen molar-refractivity contribution in [2.75, 3.05) is 4.90 Å². The molecule has 0 radical (unpaired) electrons. The first-order chi connectivity index (χ1) is 15.1. The van der Waals surface area contributed by atoms with Gasteiger partial charge in [-0.25, -0.2) is 0 Å². The molecular formula is C25H20ClN3OS. The molecule has 31 heavy (non-hydrogen) atoms. The van der Waals surface area contributed by atoms with E-state index >= 15 is 0 Å². The summed E-state index contributed by atoms with van der Waals surface area (Å²) >= 11 is 12.1. The first-order valence-electron chi connectivity index (χ1n) is 10.0. The molecule has 0 spiro atoms. The third-order valence-electron chi connectivity index (χ3n) is 5.58. The van der Waals surface area contributed by atoms with E-state index < -0.39 is 0 Å². The van der Waals surface area contributed by atoms with E-state index in [1.807, 2.05) is 85.8 Å². The molecule has 1 saturated heterocycles. The maximum absolute atomic E-state index is 6.41. The summed E-state index contributed by atoms with van der Waals surface area (Å²) in [6.45, 7) is 2.00. The molecule has 0 bridgehead atoms. The highest BCUT2D eigenvalue weighted by atomic mass is 35.5. The van der Waals surface area contributed by atoms with Crippen LogP contribution in [0.4, 0.5) is 5.69 Å². The summed E-state index contributed by atoms with van der Waals surface area (Å²) in [5, 5.41) is 4.81. The van der Waals surface area contributed by atoms with E-state index in [2.05, 4.69) is 15.2 Å². The average molecular weight is 446 g/mol. The number of nitrogens with zero attached hydrogens (tertiary/aromatic N) is 2. The minimum atomic E-state index is -0.182. The third-order valence-corrected chi connectivity index (χ3v) is 6.31. The van der Waals surface area contributed by atoms with E-state index in [0.29, 0.717) is 5.11 Å². The minimum absolute atomic E-state index is 0.145. The van der Waals surface area contributed by atoms with Gasteiger partial charge >= 0.3 is 0 Å². The highest BCUT2D eigenvalue weighted by Gasteiger charge is 2.42. The zero-order valence-corrected chi connectivity index (χ0v) is 18.4. The van der Waals surface area contributed by atoms with E-state index in [0.717, 1.165) is 39.1 Å². The fourth-order valence-corrected chi connectivity index (χ4v) is 4.56. The van der Waals surface area contributed by atoms with Crippen LogP contribution in [0.5, 0.6) is 0 Å². The second-order valence-electron chi connectivity index (χ2n) is 7.45. The second kappa shape index (κ2) is 8.17. The molecule has 0 amide bonds. The molecule has 1 aliphatic heterocycles. The van der Waals surface area contributed by atoms with Gasteiger partial charge in [0.25, 0.3) is 0 Å². The molecule has 1 aliphatic rings. The Morgan fingerprint density at radius 1 is 0.968 bits per heavy atom. The number of benzene rings is 2. The molecule has 0 aliphatic carbocycles. The highest BCUT2D eigenvalue weighted by Crippen LogP contribution is 2.43. The van der Waals surface area contributed by atoms with Crippen molar-refractivity contribution in [2.24, 2.45) is 0 Å². The van der Waals surface area contributed by atoms with Crippen LogP contribution in [0, 0.1) is 6.92 Å². The van der Waals surface area contributed by atoms with Gasteiger partial charge in [0.1, 0.15) is 17.6 Å². The average Bonchev–Trinajstić information content (AvgIpc) is 3.41. The van der Waals surface area contributed by atoms with Crippen LogP contribution in [-0.2, 0) is 0 Å². The van der Waals surface area contributed by atoms with Crippen LogP contribution in [0.15, 0.2) is 89.5 Å². The fraction of sp³-hybridized carbons (Fsp3) is 0.120. The van der Waals surface area contributed by atoms with Gasteiger partial charge in [0, 0.05) is 22.5 Å². The third kappa shape index (κ3) is 3.60. The Bertz CT molecular complexity index is 1230. The SMILES string of the molecule is Cc1c(Cl)cccc1-c1ccc([C@@H]2[C@@H](c3ccccn3)NC(=S)N2c2ccccc2)o1. The summed E-state index contributed by atoms with van der Waals surface area (Å²) in [7, 11) is 0. The standard InChI is InChI=1S/C25H20ClN3OS/c1-16-18(10-7-11-19(16)26)21-13-14-22(30-21)24-23(20-12-5-6-15-27-20)28-25(31)29(24)17-8-3-2-4-9-17/h2-15,23-24H,1H3,(H,28,31)/t23-,24-/m1/s1. The number of rotatable bonds is 4. The number of nitrogens with one attached hydrogen (secondary N) is 1. The molecule has 1 fully saturated rings. The number of halogens is 1. The monoisotopic (exact) mass is 445 g/mol. The summed E-state index contributed by atoms with van der Waals surface area (Å²) < 4.78 is 6.41. The summed E-state index contributed by atoms with van der Waals surface area (Å²) in [6, 6.07) is 25.5. The predicted octanol–water partition coefficient (Wildman–Crippen LogP) is 6.48. The van der Waals surface area contributed by atoms with Crippen molar-refractivity contribution in [3.8, 4) is 11.3 Å². The lowest BCUT2D eigenvalue weighted by Gasteiger charge is -2.26. The van der Waals surface area contributed by atoms with Gasteiger partial charge in [-0.2, -0.15) is 0 Å². The molecule has 4 aromatic rings. The first kappa shape index (κ1) is 19.8. The Hall–Kier alpha value is -3.15. The van der Waals surface area contributed by atoms with E-state index in [9.17, 15) is 0 Å². The molecule has 4 nitrogen and oxygen atoms in total. The normalized spacial score (nSPS) is 18.3. The molecule has 5 rings (SSSR count). The van der Waals surface area contributed by atoms with Gasteiger partial charge in [-0.15, -0.1) is 0 Å². The minimum Gasteiger partial charge on any atom is -0.459 e. The van der Waals surface area contributed by atoms with Crippen LogP contribution in [0.3, 0.4) is 0 Å². The van der Waals surface area contributed by atoms with Crippen molar-refractivity contribution in [1.82, 2.24) is 10.3 Å². The van der Waals surface area contributed by atoms with Gasteiger partial charge in [-0.3, -0.25) is 4.98 Å². The maximum atomic E-state index is 6.41. The number of hydrogen-bond donors (Lipinski definition) is 1. The van der Waals surface area contributed by atoms with Gasteiger partial charge in [-0.05, 0) is 67.2 Å². The van der Waals surface area contributed by atoms with Gasteiger partial charge in [-0.1, -0.05) is 48.0 Å². The zero-order chi connectivity index (χ0) is 21.4. The van der Waals surface area contributed by atoms with Crippen LogP contribution in [0.25, 0.3) is 11.3 Å². The molecule has 0 unspecified atom stereocenters. The van der Waals surface area contributed by atoms with Crippen molar-refractivity contribution in [1.29, 1.82) is 0 Å². The van der Waals surface area contributed by atoms with Crippen LogP contribution in [0.2, 0.25) is 5.02 Å². The molecular weight excluding hydrogens is 426 g/mol. The van der Waals surface area contributed by atoms with Gasteiger partial charge in [0.2, 0.25) is 0 Å². The summed E-state index contributed by atoms with van der Waals surface area (Å²) in [6.07, 6.45) is 1.80. The Morgan fingerprint density at radius 3 is 2.55 bits per heavy atom. The topological polar surface area (TPSA) is 41.3 Å². The van der Waals surface area contributed by atoms with E-state index in [-0.39, 0.29) is 12.1 Å². The summed E-state index contributed by atoms with van der Waals surface area (Å²) in [4.78, 5) is 6.68. The van der Waals surface area contributed by atoms with E-state index in [4.69, 9.17) is 28.2 Å². The number of aromatic nitrogens is 1. The molecule has 3 heterocycles. The highest BCUT2D eigenvalue weighted by molar-refractivity contribution is 7.80. The van der Waals surface area contributed by atoms with Crippen LogP contribution in [0.1, 0.15) is 29.1 Å². The van der Waals surface area contributed by atoms with Crippen LogP contribution >= 0.6 is 23.8 Å². The van der Waals surface area contributed by atoms with Crippen molar-refractivity contribution < 1.29 is 4.42 Å². The van der Waals surface area contributed by atoms with Gasteiger partial charge in [0.05, 0.1) is 11.7 Å². The van der Waals surface area contributed by atoms with Crippen molar-refractivity contribution >= 4 is 34.6 Å².